The van der Waals surface area contributed by atoms with Crippen molar-refractivity contribution in [2.24, 2.45) is 0 Å². The van der Waals surface area contributed by atoms with Crippen LogP contribution in [0.25, 0.3) is 0 Å². The van der Waals surface area contributed by atoms with Crippen molar-refractivity contribution in [3.8, 4) is 0 Å². The average Bonchev–Trinajstić information content (AvgIpc) is 2.41. The average molecular weight is 347 g/mol. The van der Waals surface area contributed by atoms with Crippen LogP contribution in [0.4, 0.5) is 0 Å². The summed E-state index contributed by atoms with van der Waals surface area (Å²) < 4.78 is 33.1. The van der Waals surface area contributed by atoms with Crippen molar-refractivity contribution in [3.05, 3.63) is 59.2 Å². The van der Waals surface area contributed by atoms with E-state index in [0.717, 1.165) is 22.7 Å². The third kappa shape index (κ3) is 4.77. The lowest BCUT2D eigenvalue weighted by atomic mass is 10.0. The fraction of sp³-hybridized carbons (Fsp3) is 0.333. The zero-order chi connectivity index (χ0) is 17.3. The van der Waals surface area contributed by atoms with Gasteiger partial charge in [0.1, 0.15) is 0 Å². The molecule has 2 aromatic carbocycles. The molecule has 0 unspecified atom stereocenters. The Bertz CT molecular complexity index is 797. The van der Waals surface area contributed by atoms with Crippen molar-refractivity contribution < 1.29 is 13.0 Å². The lowest BCUT2D eigenvalue weighted by molar-refractivity contribution is 0.483. The highest BCUT2D eigenvalue weighted by atomic mass is 32.2. The third-order valence-corrected chi connectivity index (χ3v) is 6.50. The Kier molecular flexibility index (Phi) is 5.13. The summed E-state index contributed by atoms with van der Waals surface area (Å²) in [4.78, 5) is 0.0504. The summed E-state index contributed by atoms with van der Waals surface area (Å²) in [5.41, 5.74) is 2.98. The van der Waals surface area contributed by atoms with Gasteiger partial charge in [0.25, 0.3) is 10.1 Å². The Labute approximate surface area is 141 Å². The molecule has 0 fully saturated rings. The first-order valence-corrected chi connectivity index (χ1v) is 9.93. The molecule has 0 amide bonds. The molecule has 0 aliphatic carbocycles. The number of aryl methyl sites for hydroxylation is 2. The smallest absolute Gasteiger partial charge is 0.282 e. The van der Waals surface area contributed by atoms with Crippen molar-refractivity contribution in [2.75, 3.05) is 0 Å². The second-order valence-corrected chi connectivity index (χ2v) is 10.1. The summed E-state index contributed by atoms with van der Waals surface area (Å²) in [6.07, 6.45) is 0.852. The molecule has 2 radical (unpaired) electrons. The summed E-state index contributed by atoms with van der Waals surface area (Å²) >= 11 is 0. The van der Waals surface area contributed by atoms with Crippen LogP contribution in [-0.4, -0.2) is 22.5 Å². The maximum atomic E-state index is 11.8. The molecule has 0 atom stereocenters. The molecule has 0 bridgehead atoms. The summed E-state index contributed by atoms with van der Waals surface area (Å²) in [7, 11) is -3.93. The summed E-state index contributed by atoms with van der Waals surface area (Å²) in [5.74, 6) is 0. The van der Waals surface area contributed by atoms with Gasteiger partial charge < -0.3 is 0 Å². The molecule has 1 N–H and O–H groups in total. The van der Waals surface area contributed by atoms with Gasteiger partial charge in [-0.2, -0.15) is 8.42 Å². The highest BCUT2D eigenvalue weighted by Crippen LogP contribution is 2.29. The van der Waals surface area contributed by atoms with Crippen molar-refractivity contribution in [1.82, 2.24) is 0 Å². The second-order valence-electron chi connectivity index (χ2n) is 6.60. The Morgan fingerprint density at radius 1 is 1.09 bits per heavy atom. The highest BCUT2D eigenvalue weighted by Gasteiger charge is 2.26. The van der Waals surface area contributed by atoms with Crippen LogP contribution in [0, 0.1) is 13.8 Å². The van der Waals surface area contributed by atoms with Crippen molar-refractivity contribution >= 4 is 24.8 Å². The second kappa shape index (κ2) is 6.59. The molecule has 0 aliphatic rings. The molecule has 0 saturated heterocycles. The van der Waals surface area contributed by atoms with Gasteiger partial charge in [-0.25, -0.2) is 0 Å². The van der Waals surface area contributed by atoms with E-state index in [1.165, 1.54) is 5.56 Å². The lowest BCUT2D eigenvalue weighted by Gasteiger charge is -2.26. The standard InChI is InChI=1S/C18H22O3SSi/c1-13-10-14(2)17(16(11-13)22(19,20)21)23-18(3,4)12-15-8-6-5-7-9-15/h5-11H,12H2,1-4H3,(H,19,20,21). The Morgan fingerprint density at radius 3 is 2.26 bits per heavy atom. The van der Waals surface area contributed by atoms with E-state index >= 15 is 0 Å². The predicted octanol–water partition coefficient (Wildman–Crippen LogP) is 3.32. The van der Waals surface area contributed by atoms with Crippen LogP contribution in [-0.2, 0) is 16.5 Å². The summed E-state index contributed by atoms with van der Waals surface area (Å²) in [5, 5.41) is 0.639. The molecular formula is C18H22O3SSi. The van der Waals surface area contributed by atoms with Gasteiger partial charge in [0, 0.05) is 0 Å². The molecule has 0 aromatic heterocycles. The molecule has 122 valence electrons. The molecule has 5 heteroatoms. The Morgan fingerprint density at radius 2 is 1.70 bits per heavy atom. The third-order valence-electron chi connectivity index (χ3n) is 3.67. The fourth-order valence-electron chi connectivity index (χ4n) is 2.78. The van der Waals surface area contributed by atoms with Crippen LogP contribution in [0.3, 0.4) is 0 Å². The number of hydrogen-bond donors (Lipinski definition) is 1. The van der Waals surface area contributed by atoms with Crippen molar-refractivity contribution in [2.45, 2.75) is 44.0 Å². The van der Waals surface area contributed by atoms with Gasteiger partial charge in [-0.05, 0) is 47.7 Å². The number of benzene rings is 2. The molecule has 0 spiro atoms. The molecule has 3 nitrogen and oxygen atoms in total. The van der Waals surface area contributed by atoms with Gasteiger partial charge in [-0.15, -0.1) is 0 Å². The van der Waals surface area contributed by atoms with Gasteiger partial charge in [-0.1, -0.05) is 55.8 Å². The van der Waals surface area contributed by atoms with E-state index < -0.39 is 10.1 Å². The van der Waals surface area contributed by atoms with Crippen molar-refractivity contribution in [3.63, 3.8) is 0 Å². The Hall–Kier alpha value is -1.43. The van der Waals surface area contributed by atoms with Gasteiger partial charge in [-0.3, -0.25) is 4.55 Å². The normalized spacial score (nSPS) is 12.4. The Balaban J connectivity index is 2.39. The largest absolute Gasteiger partial charge is 0.294 e. The molecule has 2 rings (SSSR count). The fourth-order valence-corrected chi connectivity index (χ4v) is 5.51. The van der Waals surface area contributed by atoms with E-state index in [0.29, 0.717) is 0 Å². The first kappa shape index (κ1) is 17.9. The van der Waals surface area contributed by atoms with Crippen LogP contribution >= 0.6 is 0 Å². The van der Waals surface area contributed by atoms with Crippen LogP contribution in [0.15, 0.2) is 47.4 Å². The van der Waals surface area contributed by atoms with Gasteiger partial charge >= 0.3 is 0 Å². The monoisotopic (exact) mass is 346 g/mol. The van der Waals surface area contributed by atoms with E-state index in [9.17, 15) is 13.0 Å². The van der Waals surface area contributed by atoms with Crippen LogP contribution in [0.2, 0.25) is 5.04 Å². The molecular weight excluding hydrogens is 324 g/mol. The number of hydrogen-bond acceptors (Lipinski definition) is 2. The molecule has 2 aromatic rings. The van der Waals surface area contributed by atoms with Crippen LogP contribution in [0.1, 0.15) is 30.5 Å². The van der Waals surface area contributed by atoms with E-state index in [1.54, 1.807) is 6.07 Å². The predicted molar refractivity (Wildman–Crippen MR) is 95.3 cm³/mol. The van der Waals surface area contributed by atoms with Crippen molar-refractivity contribution in [1.29, 1.82) is 0 Å². The quantitative estimate of drug-likeness (QED) is 0.667. The maximum Gasteiger partial charge on any atom is 0.294 e. The zero-order valence-electron chi connectivity index (χ0n) is 13.9. The van der Waals surface area contributed by atoms with Gasteiger partial charge in [0.15, 0.2) is 0 Å². The first-order valence-electron chi connectivity index (χ1n) is 7.49. The van der Waals surface area contributed by atoms with Crippen LogP contribution in [0.5, 0.6) is 0 Å². The van der Waals surface area contributed by atoms with Gasteiger partial charge in [0.2, 0.25) is 0 Å². The van der Waals surface area contributed by atoms with E-state index in [2.05, 4.69) is 26.0 Å². The topological polar surface area (TPSA) is 54.4 Å². The molecule has 0 aliphatic heterocycles. The zero-order valence-corrected chi connectivity index (χ0v) is 15.7. The first-order chi connectivity index (χ1) is 10.6. The minimum Gasteiger partial charge on any atom is -0.282 e. The summed E-state index contributed by atoms with van der Waals surface area (Å²) in [6, 6.07) is 13.7. The molecule has 23 heavy (non-hydrogen) atoms. The lowest BCUT2D eigenvalue weighted by Crippen LogP contribution is -2.33. The summed E-state index contributed by atoms with van der Waals surface area (Å²) in [6.45, 7) is 8.00. The highest BCUT2D eigenvalue weighted by molar-refractivity contribution is 7.86. The van der Waals surface area contributed by atoms with E-state index in [-0.39, 0.29) is 19.5 Å². The van der Waals surface area contributed by atoms with Crippen LogP contribution < -0.4 is 5.19 Å². The van der Waals surface area contributed by atoms with E-state index in [4.69, 9.17) is 0 Å². The minimum absolute atomic E-state index is 0.0504. The molecule has 0 heterocycles. The van der Waals surface area contributed by atoms with Gasteiger partial charge in [0.05, 0.1) is 14.4 Å². The van der Waals surface area contributed by atoms with E-state index in [1.807, 2.05) is 38.1 Å². The number of rotatable bonds is 5. The maximum absolute atomic E-state index is 11.8. The SMILES string of the molecule is Cc1cc(C)c([Si]C(C)(C)Cc2ccccc2)c(S(=O)(=O)O)c1. The molecule has 0 saturated carbocycles. The minimum atomic E-state index is -4.22.